The van der Waals surface area contributed by atoms with E-state index in [1.165, 1.54) is 37.3 Å². The first-order chi connectivity index (χ1) is 10.9. The largest absolute Gasteiger partial charge is 0.477 e. The zero-order valence-electron chi connectivity index (χ0n) is 11.9. The van der Waals surface area contributed by atoms with Crippen LogP contribution in [0.3, 0.4) is 0 Å². The molecule has 0 N–H and O–H groups in total. The van der Waals surface area contributed by atoms with E-state index in [0.29, 0.717) is 10.8 Å². The summed E-state index contributed by atoms with van der Waals surface area (Å²) >= 11 is 11.7. The molecular weight excluding hydrogens is 345 g/mol. The zero-order valence-corrected chi connectivity index (χ0v) is 13.4. The van der Waals surface area contributed by atoms with Gasteiger partial charge >= 0.3 is 5.97 Å². The molecule has 0 saturated heterocycles. The van der Waals surface area contributed by atoms with E-state index < -0.39 is 17.0 Å². The maximum atomic E-state index is 12.0. The second-order valence-electron chi connectivity index (χ2n) is 4.51. The molecule has 8 heteroatoms. The van der Waals surface area contributed by atoms with Crippen molar-refractivity contribution in [2.75, 3.05) is 0 Å². The fraction of sp³-hybridized carbons (Fsp3) is 0.133. The first-order valence-electron chi connectivity index (χ1n) is 6.44. The number of rotatable bonds is 5. The minimum absolute atomic E-state index is 0.0953. The summed E-state index contributed by atoms with van der Waals surface area (Å²) in [5.41, 5.74) is -0.0953. The molecule has 0 radical (unpaired) electrons. The van der Waals surface area contributed by atoms with Gasteiger partial charge in [0.2, 0.25) is 0 Å². The average Bonchev–Trinajstić information content (AvgIpc) is 2.50. The Morgan fingerprint density at radius 3 is 2.39 bits per heavy atom. The maximum absolute atomic E-state index is 12.0. The van der Waals surface area contributed by atoms with Crippen LogP contribution in [0.15, 0.2) is 42.5 Å². The molecule has 2 aromatic carbocycles. The van der Waals surface area contributed by atoms with Gasteiger partial charge in [0, 0.05) is 17.2 Å². The van der Waals surface area contributed by atoms with Gasteiger partial charge in [0.1, 0.15) is 11.5 Å². The third kappa shape index (κ3) is 4.58. The quantitative estimate of drug-likeness (QED) is 0.346. The molecule has 0 aliphatic heterocycles. The van der Waals surface area contributed by atoms with E-state index in [0.717, 1.165) is 0 Å². The van der Waals surface area contributed by atoms with Crippen LogP contribution in [0.1, 0.15) is 6.92 Å². The van der Waals surface area contributed by atoms with Gasteiger partial charge in [-0.05, 0) is 37.3 Å². The van der Waals surface area contributed by atoms with E-state index in [4.69, 9.17) is 32.7 Å². The van der Waals surface area contributed by atoms with Crippen LogP contribution in [0.4, 0.5) is 5.69 Å². The van der Waals surface area contributed by atoms with E-state index in [2.05, 4.69) is 0 Å². The lowest BCUT2D eigenvalue weighted by molar-refractivity contribution is -0.384. The Morgan fingerprint density at radius 2 is 1.83 bits per heavy atom. The summed E-state index contributed by atoms with van der Waals surface area (Å²) in [5, 5.41) is 11.3. The van der Waals surface area contributed by atoms with Crippen LogP contribution in [0, 0.1) is 10.1 Å². The maximum Gasteiger partial charge on any atom is 0.352 e. The van der Waals surface area contributed by atoms with Crippen molar-refractivity contribution in [3.05, 3.63) is 62.6 Å². The number of ether oxygens (including phenoxy) is 2. The first-order valence-corrected chi connectivity index (χ1v) is 7.20. The van der Waals surface area contributed by atoms with E-state index >= 15 is 0 Å². The van der Waals surface area contributed by atoms with Gasteiger partial charge in [-0.15, -0.1) is 0 Å². The van der Waals surface area contributed by atoms with E-state index in [9.17, 15) is 14.9 Å². The van der Waals surface area contributed by atoms with Gasteiger partial charge < -0.3 is 9.47 Å². The second-order valence-corrected chi connectivity index (χ2v) is 5.35. The molecule has 0 heterocycles. The number of nitrogens with zero attached hydrogens (tertiary/aromatic N) is 1. The SMILES string of the molecule is C[C@@H](Oc1ccc(Cl)cc1Cl)C(=O)Oc1ccc([N+](=O)[O-])cc1. The second kappa shape index (κ2) is 7.30. The average molecular weight is 356 g/mol. The fourth-order valence-electron chi connectivity index (χ4n) is 1.64. The van der Waals surface area contributed by atoms with Crippen molar-refractivity contribution >= 4 is 34.9 Å². The zero-order chi connectivity index (χ0) is 17.0. The van der Waals surface area contributed by atoms with Gasteiger partial charge in [-0.3, -0.25) is 10.1 Å². The number of nitro benzene ring substituents is 1. The van der Waals surface area contributed by atoms with Crippen molar-refractivity contribution in [1.29, 1.82) is 0 Å². The Hall–Kier alpha value is -2.31. The highest BCUT2D eigenvalue weighted by atomic mass is 35.5. The molecule has 23 heavy (non-hydrogen) atoms. The highest BCUT2D eigenvalue weighted by molar-refractivity contribution is 6.35. The summed E-state index contributed by atoms with van der Waals surface area (Å²) in [6.45, 7) is 1.50. The molecular formula is C15H11Cl2NO5. The number of carbonyl (C=O) groups is 1. The van der Waals surface area contributed by atoms with Crippen LogP contribution in [0.25, 0.3) is 0 Å². The molecule has 0 aromatic heterocycles. The van der Waals surface area contributed by atoms with Gasteiger partial charge in [0.15, 0.2) is 6.10 Å². The minimum Gasteiger partial charge on any atom is -0.477 e. The molecule has 120 valence electrons. The molecule has 0 aliphatic carbocycles. The predicted molar refractivity (Wildman–Crippen MR) is 85.3 cm³/mol. The lowest BCUT2D eigenvalue weighted by Gasteiger charge is -2.14. The molecule has 1 atom stereocenters. The number of halogens is 2. The topological polar surface area (TPSA) is 78.7 Å². The Balaban J connectivity index is 2.00. The van der Waals surface area contributed by atoms with Crippen LogP contribution in [-0.4, -0.2) is 17.0 Å². The molecule has 0 aliphatic rings. The lowest BCUT2D eigenvalue weighted by Crippen LogP contribution is -2.28. The van der Waals surface area contributed by atoms with Gasteiger partial charge in [-0.1, -0.05) is 23.2 Å². The number of esters is 1. The number of non-ortho nitro benzene ring substituents is 1. The number of nitro groups is 1. The van der Waals surface area contributed by atoms with Crippen molar-refractivity contribution in [3.8, 4) is 11.5 Å². The van der Waals surface area contributed by atoms with E-state index in [-0.39, 0.29) is 16.5 Å². The van der Waals surface area contributed by atoms with Crippen molar-refractivity contribution in [1.82, 2.24) is 0 Å². The third-order valence-electron chi connectivity index (χ3n) is 2.80. The van der Waals surface area contributed by atoms with Gasteiger partial charge in [0.25, 0.3) is 5.69 Å². The molecule has 0 bridgehead atoms. The van der Waals surface area contributed by atoms with Gasteiger partial charge in [-0.2, -0.15) is 0 Å². The standard InChI is InChI=1S/C15H11Cl2NO5/c1-9(22-14-7-2-10(16)8-13(14)17)15(19)23-12-5-3-11(4-6-12)18(20)21/h2-9H,1H3/t9-/m1/s1. The van der Waals surface area contributed by atoms with Crippen LogP contribution in [0.2, 0.25) is 10.0 Å². The Labute approximate surface area is 141 Å². The smallest absolute Gasteiger partial charge is 0.352 e. The third-order valence-corrected chi connectivity index (χ3v) is 3.33. The number of carbonyl (C=O) groups excluding carboxylic acids is 1. The summed E-state index contributed by atoms with van der Waals surface area (Å²) in [6, 6.07) is 9.76. The molecule has 0 unspecified atom stereocenters. The van der Waals surface area contributed by atoms with Crippen LogP contribution in [0.5, 0.6) is 11.5 Å². The molecule has 0 fully saturated rings. The van der Waals surface area contributed by atoms with Crippen LogP contribution in [-0.2, 0) is 4.79 Å². The van der Waals surface area contributed by atoms with E-state index in [1.807, 2.05) is 0 Å². The lowest BCUT2D eigenvalue weighted by atomic mass is 10.3. The minimum atomic E-state index is -0.927. The van der Waals surface area contributed by atoms with Crippen molar-refractivity contribution in [2.24, 2.45) is 0 Å². The summed E-state index contributed by atoms with van der Waals surface area (Å²) in [5.74, 6) is -0.188. The molecule has 2 rings (SSSR count). The fourth-order valence-corrected chi connectivity index (χ4v) is 2.10. The van der Waals surface area contributed by atoms with Crippen molar-refractivity contribution < 1.29 is 19.2 Å². The molecule has 0 saturated carbocycles. The summed E-state index contributed by atoms with van der Waals surface area (Å²) in [4.78, 5) is 22.0. The van der Waals surface area contributed by atoms with E-state index in [1.54, 1.807) is 12.1 Å². The van der Waals surface area contributed by atoms with Crippen molar-refractivity contribution in [2.45, 2.75) is 13.0 Å². The van der Waals surface area contributed by atoms with Gasteiger partial charge in [0.05, 0.1) is 9.95 Å². The number of benzene rings is 2. The summed E-state index contributed by atoms with van der Waals surface area (Å²) in [6.07, 6.45) is -0.927. The number of hydrogen-bond acceptors (Lipinski definition) is 5. The van der Waals surface area contributed by atoms with Crippen LogP contribution < -0.4 is 9.47 Å². The molecule has 6 nitrogen and oxygen atoms in total. The highest BCUT2D eigenvalue weighted by Gasteiger charge is 2.19. The summed E-state index contributed by atoms with van der Waals surface area (Å²) < 4.78 is 10.5. The first kappa shape index (κ1) is 17.1. The monoisotopic (exact) mass is 355 g/mol. The molecule has 2 aromatic rings. The van der Waals surface area contributed by atoms with Gasteiger partial charge in [-0.25, -0.2) is 4.79 Å². The Bertz CT molecular complexity index is 733. The number of hydrogen-bond donors (Lipinski definition) is 0. The summed E-state index contributed by atoms with van der Waals surface area (Å²) in [7, 11) is 0. The van der Waals surface area contributed by atoms with Crippen LogP contribution >= 0.6 is 23.2 Å². The highest BCUT2D eigenvalue weighted by Crippen LogP contribution is 2.28. The normalized spacial score (nSPS) is 11.6. The molecule has 0 spiro atoms. The Morgan fingerprint density at radius 1 is 1.17 bits per heavy atom. The van der Waals surface area contributed by atoms with Crippen molar-refractivity contribution in [3.63, 3.8) is 0 Å². The molecule has 0 amide bonds. The Kier molecular flexibility index (Phi) is 5.41. The predicted octanol–water partition coefficient (Wildman–Crippen LogP) is 4.27.